The summed E-state index contributed by atoms with van der Waals surface area (Å²) in [5, 5.41) is 3.00. The standard InChI is InChI=1S/C19H17NO4/c1-12(13-6-7-17-18(9-13)24-11-23-17)20-19(21)15-8-14-4-2-3-5-16(14)22-10-15/h2-9,12H,10-11H2,1H3,(H,20,21). The van der Waals surface area contributed by atoms with E-state index in [9.17, 15) is 4.79 Å². The van der Waals surface area contributed by atoms with Gasteiger partial charge in [0.2, 0.25) is 6.79 Å². The molecule has 2 heterocycles. The number of ether oxygens (including phenoxy) is 3. The third kappa shape index (κ3) is 2.69. The van der Waals surface area contributed by atoms with E-state index < -0.39 is 0 Å². The number of rotatable bonds is 3. The van der Waals surface area contributed by atoms with Gasteiger partial charge in [-0.15, -0.1) is 0 Å². The first kappa shape index (κ1) is 14.6. The molecule has 2 aliphatic rings. The summed E-state index contributed by atoms with van der Waals surface area (Å²) in [6, 6.07) is 13.2. The van der Waals surface area contributed by atoms with E-state index in [2.05, 4.69) is 5.32 Å². The average molecular weight is 323 g/mol. The van der Waals surface area contributed by atoms with Crippen LogP contribution < -0.4 is 19.5 Å². The average Bonchev–Trinajstić information content (AvgIpc) is 3.08. The van der Waals surface area contributed by atoms with E-state index in [1.165, 1.54) is 0 Å². The molecule has 0 fully saturated rings. The number of benzene rings is 2. The number of para-hydroxylation sites is 1. The lowest BCUT2D eigenvalue weighted by molar-refractivity contribution is -0.118. The highest BCUT2D eigenvalue weighted by molar-refractivity contribution is 5.99. The second-order valence-electron chi connectivity index (χ2n) is 5.80. The number of fused-ring (bicyclic) bond motifs is 2. The van der Waals surface area contributed by atoms with E-state index in [1.807, 2.05) is 55.5 Å². The molecule has 5 heteroatoms. The van der Waals surface area contributed by atoms with Gasteiger partial charge in [0, 0.05) is 5.56 Å². The van der Waals surface area contributed by atoms with E-state index in [0.29, 0.717) is 11.3 Å². The highest BCUT2D eigenvalue weighted by Gasteiger charge is 2.20. The Morgan fingerprint density at radius 1 is 1.04 bits per heavy atom. The number of carbonyl (C=O) groups excluding carboxylic acids is 1. The van der Waals surface area contributed by atoms with Crippen molar-refractivity contribution in [3.63, 3.8) is 0 Å². The number of carbonyl (C=O) groups is 1. The largest absolute Gasteiger partial charge is 0.488 e. The predicted molar refractivity (Wildman–Crippen MR) is 89.0 cm³/mol. The van der Waals surface area contributed by atoms with Crippen molar-refractivity contribution in [2.45, 2.75) is 13.0 Å². The predicted octanol–water partition coefficient (Wildman–Crippen LogP) is 3.07. The summed E-state index contributed by atoms with van der Waals surface area (Å²) in [7, 11) is 0. The Kier molecular flexibility index (Phi) is 3.61. The first-order chi connectivity index (χ1) is 11.7. The molecular formula is C19H17NO4. The molecule has 0 bridgehead atoms. The second kappa shape index (κ2) is 5.92. The van der Waals surface area contributed by atoms with Crippen LogP contribution in [0.3, 0.4) is 0 Å². The molecule has 0 aromatic heterocycles. The lowest BCUT2D eigenvalue weighted by atomic mass is 10.0. The molecule has 2 aliphatic heterocycles. The van der Waals surface area contributed by atoms with Crippen molar-refractivity contribution >= 4 is 12.0 Å². The highest BCUT2D eigenvalue weighted by atomic mass is 16.7. The van der Waals surface area contributed by atoms with Crippen molar-refractivity contribution in [3.8, 4) is 17.2 Å². The summed E-state index contributed by atoms with van der Waals surface area (Å²) in [5.74, 6) is 2.12. The summed E-state index contributed by atoms with van der Waals surface area (Å²) in [6.07, 6.45) is 1.88. The van der Waals surface area contributed by atoms with Crippen molar-refractivity contribution in [2.75, 3.05) is 13.4 Å². The third-order valence-corrected chi connectivity index (χ3v) is 4.17. The maximum absolute atomic E-state index is 12.5. The quantitative estimate of drug-likeness (QED) is 0.943. The topological polar surface area (TPSA) is 56.8 Å². The highest BCUT2D eigenvalue weighted by Crippen LogP contribution is 2.34. The zero-order valence-corrected chi connectivity index (χ0v) is 13.2. The second-order valence-corrected chi connectivity index (χ2v) is 5.80. The van der Waals surface area contributed by atoms with Gasteiger partial charge in [0.15, 0.2) is 11.5 Å². The van der Waals surface area contributed by atoms with Crippen molar-refractivity contribution in [1.82, 2.24) is 5.32 Å². The third-order valence-electron chi connectivity index (χ3n) is 4.17. The number of amides is 1. The van der Waals surface area contributed by atoms with E-state index in [-0.39, 0.29) is 25.3 Å². The minimum atomic E-state index is -0.148. The van der Waals surface area contributed by atoms with Gasteiger partial charge in [0.25, 0.3) is 5.91 Å². The van der Waals surface area contributed by atoms with Crippen molar-refractivity contribution < 1.29 is 19.0 Å². The van der Waals surface area contributed by atoms with Crippen LogP contribution in [0.15, 0.2) is 48.0 Å². The van der Waals surface area contributed by atoms with E-state index in [0.717, 1.165) is 22.6 Å². The maximum atomic E-state index is 12.5. The molecule has 1 atom stereocenters. The van der Waals surface area contributed by atoms with E-state index >= 15 is 0 Å². The Labute approximate surface area is 139 Å². The zero-order valence-electron chi connectivity index (χ0n) is 13.2. The molecule has 0 saturated heterocycles. The zero-order chi connectivity index (χ0) is 16.5. The van der Waals surface area contributed by atoms with Crippen LogP contribution in [0.1, 0.15) is 24.1 Å². The summed E-state index contributed by atoms with van der Waals surface area (Å²) >= 11 is 0. The summed E-state index contributed by atoms with van der Waals surface area (Å²) in [5.41, 5.74) is 2.50. The van der Waals surface area contributed by atoms with Gasteiger partial charge in [-0.2, -0.15) is 0 Å². The van der Waals surface area contributed by atoms with E-state index in [1.54, 1.807) is 0 Å². The first-order valence-electron chi connectivity index (χ1n) is 7.83. The van der Waals surface area contributed by atoms with Gasteiger partial charge in [-0.05, 0) is 36.8 Å². The molecular weight excluding hydrogens is 306 g/mol. The fourth-order valence-corrected chi connectivity index (χ4v) is 2.80. The molecule has 24 heavy (non-hydrogen) atoms. The van der Waals surface area contributed by atoms with E-state index in [4.69, 9.17) is 14.2 Å². The molecule has 0 aliphatic carbocycles. The molecule has 5 nitrogen and oxygen atoms in total. The van der Waals surface area contributed by atoms with Gasteiger partial charge in [0.05, 0.1) is 11.6 Å². The molecule has 0 radical (unpaired) electrons. The van der Waals surface area contributed by atoms with Crippen LogP contribution in [-0.4, -0.2) is 19.3 Å². The molecule has 122 valence electrons. The van der Waals surface area contributed by atoms with Gasteiger partial charge < -0.3 is 19.5 Å². The van der Waals surface area contributed by atoms with Crippen LogP contribution in [0.25, 0.3) is 6.08 Å². The minimum absolute atomic E-state index is 0.130. The lowest BCUT2D eigenvalue weighted by Crippen LogP contribution is -2.30. The maximum Gasteiger partial charge on any atom is 0.251 e. The Morgan fingerprint density at radius 3 is 2.79 bits per heavy atom. The van der Waals surface area contributed by atoms with Crippen LogP contribution in [0.2, 0.25) is 0 Å². The summed E-state index contributed by atoms with van der Waals surface area (Å²) < 4.78 is 16.3. The molecule has 0 spiro atoms. The van der Waals surface area contributed by atoms with Crippen molar-refractivity contribution in [2.24, 2.45) is 0 Å². The molecule has 1 N–H and O–H groups in total. The van der Waals surface area contributed by atoms with Gasteiger partial charge in [-0.1, -0.05) is 24.3 Å². The number of hydrogen-bond donors (Lipinski definition) is 1. The molecule has 2 aromatic carbocycles. The van der Waals surface area contributed by atoms with Gasteiger partial charge in [-0.25, -0.2) is 0 Å². The van der Waals surface area contributed by atoms with Crippen LogP contribution in [-0.2, 0) is 4.79 Å². The molecule has 1 unspecified atom stereocenters. The van der Waals surface area contributed by atoms with Gasteiger partial charge in [-0.3, -0.25) is 4.79 Å². The SMILES string of the molecule is CC(NC(=O)C1=Cc2ccccc2OC1)c1ccc2c(c1)OCO2. The van der Waals surface area contributed by atoms with Crippen LogP contribution in [0, 0.1) is 0 Å². The van der Waals surface area contributed by atoms with Crippen molar-refractivity contribution in [3.05, 3.63) is 59.2 Å². The Balaban J connectivity index is 1.49. The lowest BCUT2D eigenvalue weighted by Gasteiger charge is -2.20. The number of nitrogens with one attached hydrogen (secondary N) is 1. The summed E-state index contributed by atoms with van der Waals surface area (Å²) in [4.78, 5) is 12.5. The first-order valence-corrected chi connectivity index (χ1v) is 7.83. The van der Waals surface area contributed by atoms with Crippen LogP contribution in [0.5, 0.6) is 17.2 Å². The Morgan fingerprint density at radius 2 is 1.88 bits per heavy atom. The number of hydrogen-bond acceptors (Lipinski definition) is 4. The molecule has 0 saturated carbocycles. The smallest absolute Gasteiger partial charge is 0.251 e. The van der Waals surface area contributed by atoms with Crippen LogP contribution >= 0.6 is 0 Å². The summed E-state index contributed by atoms with van der Waals surface area (Å²) in [6.45, 7) is 2.45. The Bertz CT molecular complexity index is 828. The van der Waals surface area contributed by atoms with Gasteiger partial charge >= 0.3 is 0 Å². The normalized spacial score (nSPS) is 15.8. The fraction of sp³-hybridized carbons (Fsp3) is 0.211. The van der Waals surface area contributed by atoms with Crippen LogP contribution in [0.4, 0.5) is 0 Å². The Hall–Kier alpha value is -2.95. The van der Waals surface area contributed by atoms with Crippen molar-refractivity contribution in [1.29, 1.82) is 0 Å². The fourth-order valence-electron chi connectivity index (χ4n) is 2.80. The monoisotopic (exact) mass is 323 g/mol. The minimum Gasteiger partial charge on any atom is -0.488 e. The molecule has 1 amide bonds. The molecule has 2 aromatic rings. The van der Waals surface area contributed by atoms with Gasteiger partial charge in [0.1, 0.15) is 12.4 Å². The molecule has 4 rings (SSSR count).